The molecule has 6 nitrogen and oxygen atoms in total. The van der Waals surface area contributed by atoms with Crippen LogP contribution in [0.15, 0.2) is 54.6 Å². The molecule has 3 rings (SSSR count). The van der Waals surface area contributed by atoms with Crippen LogP contribution in [0.3, 0.4) is 0 Å². The number of para-hydroxylation sites is 2. The van der Waals surface area contributed by atoms with E-state index >= 15 is 0 Å². The molecule has 1 N–H and O–H groups in total. The molecular formula is C27H36FN3O3. The van der Waals surface area contributed by atoms with Crippen molar-refractivity contribution in [2.75, 3.05) is 19.7 Å². The van der Waals surface area contributed by atoms with Crippen molar-refractivity contribution in [2.45, 2.75) is 59.3 Å². The van der Waals surface area contributed by atoms with Gasteiger partial charge in [-0.25, -0.2) is 9.07 Å². The number of hydrogen-bond acceptors (Lipinski definition) is 5. The van der Waals surface area contributed by atoms with E-state index in [9.17, 15) is 9.50 Å². The zero-order chi connectivity index (χ0) is 24.5. The fraction of sp³-hybridized carbons (Fsp3) is 0.444. The minimum Gasteiger partial charge on any atom is -0.435 e. The largest absolute Gasteiger partial charge is 0.435 e. The van der Waals surface area contributed by atoms with Crippen molar-refractivity contribution >= 4 is 0 Å². The van der Waals surface area contributed by atoms with Crippen LogP contribution in [0.5, 0.6) is 11.6 Å². The molecule has 0 fully saturated rings. The predicted octanol–water partition coefficient (Wildman–Crippen LogP) is 5.36. The van der Waals surface area contributed by atoms with Crippen LogP contribution in [0.4, 0.5) is 4.39 Å². The summed E-state index contributed by atoms with van der Waals surface area (Å²) >= 11 is 0. The third kappa shape index (κ3) is 6.88. The van der Waals surface area contributed by atoms with Gasteiger partial charge in [0.25, 0.3) is 0 Å². The second-order valence-electron chi connectivity index (χ2n) is 8.63. The zero-order valence-electron chi connectivity index (χ0n) is 20.6. The molecule has 0 aliphatic rings. The van der Waals surface area contributed by atoms with E-state index < -0.39 is 11.9 Å². The van der Waals surface area contributed by atoms with Gasteiger partial charge in [0.2, 0.25) is 5.88 Å². The normalized spacial score (nSPS) is 12.5. The third-order valence-corrected chi connectivity index (χ3v) is 5.41. The number of aliphatic hydroxyl groups is 1. The van der Waals surface area contributed by atoms with E-state index in [0.717, 1.165) is 29.9 Å². The molecule has 7 heteroatoms. The fourth-order valence-corrected chi connectivity index (χ4v) is 3.83. The van der Waals surface area contributed by atoms with E-state index in [2.05, 4.69) is 11.8 Å². The average molecular weight is 470 g/mol. The molecule has 0 bridgehead atoms. The van der Waals surface area contributed by atoms with Crippen LogP contribution >= 0.6 is 0 Å². The van der Waals surface area contributed by atoms with Gasteiger partial charge in [0.05, 0.1) is 35.8 Å². The summed E-state index contributed by atoms with van der Waals surface area (Å²) in [7, 11) is 0. The van der Waals surface area contributed by atoms with Crippen LogP contribution in [0.1, 0.15) is 45.4 Å². The lowest BCUT2D eigenvalue weighted by Gasteiger charge is -2.25. The lowest BCUT2D eigenvalue weighted by Crippen LogP contribution is -2.35. The standard InChI is InChI=1S/C27H36FN3O3/c1-5-16-30(17-22(32)19-33-20(3)4)18-23-25(6-2)29-31(21-12-8-7-9-13-21)27(23)34-26-15-11-10-14-24(26)28/h7-15,20,22,32H,5-6,16-19H2,1-4H3/t22-/m1/s1. The van der Waals surface area contributed by atoms with E-state index in [4.69, 9.17) is 14.6 Å². The van der Waals surface area contributed by atoms with Gasteiger partial charge in [-0.2, -0.15) is 5.10 Å². The van der Waals surface area contributed by atoms with Gasteiger partial charge < -0.3 is 14.6 Å². The maximum atomic E-state index is 14.5. The Hall–Kier alpha value is -2.74. The summed E-state index contributed by atoms with van der Waals surface area (Å²) in [5, 5.41) is 15.4. The quantitative estimate of drug-likeness (QED) is 0.365. The molecule has 0 spiro atoms. The highest BCUT2D eigenvalue weighted by atomic mass is 19.1. The van der Waals surface area contributed by atoms with E-state index in [-0.39, 0.29) is 18.5 Å². The highest BCUT2D eigenvalue weighted by Gasteiger charge is 2.24. The van der Waals surface area contributed by atoms with Crippen molar-refractivity contribution in [2.24, 2.45) is 0 Å². The smallest absolute Gasteiger partial charge is 0.227 e. The Morgan fingerprint density at radius 2 is 1.76 bits per heavy atom. The molecule has 1 aromatic heterocycles. The molecule has 0 aliphatic heterocycles. The first-order valence-corrected chi connectivity index (χ1v) is 12.0. The molecule has 0 radical (unpaired) electrons. The highest BCUT2D eigenvalue weighted by Crippen LogP contribution is 2.33. The van der Waals surface area contributed by atoms with E-state index in [1.165, 1.54) is 6.07 Å². The fourth-order valence-electron chi connectivity index (χ4n) is 3.83. The molecule has 0 saturated heterocycles. The lowest BCUT2D eigenvalue weighted by molar-refractivity contribution is -0.00958. The minimum absolute atomic E-state index is 0.0610. The number of rotatable bonds is 13. The van der Waals surface area contributed by atoms with Crippen LogP contribution in [0, 0.1) is 5.82 Å². The molecule has 3 aromatic rings. The maximum Gasteiger partial charge on any atom is 0.227 e. The van der Waals surface area contributed by atoms with Crippen LogP contribution in [0.2, 0.25) is 0 Å². The summed E-state index contributed by atoms with van der Waals surface area (Å²) in [6.07, 6.45) is 1.07. The van der Waals surface area contributed by atoms with Crippen LogP contribution in [-0.2, 0) is 17.7 Å². The summed E-state index contributed by atoms with van der Waals surface area (Å²) in [6, 6.07) is 16.1. The summed E-state index contributed by atoms with van der Waals surface area (Å²) < 4.78 is 28.0. The molecular weight excluding hydrogens is 433 g/mol. The molecule has 34 heavy (non-hydrogen) atoms. The van der Waals surface area contributed by atoms with Crippen LogP contribution in [-0.4, -0.2) is 51.7 Å². The van der Waals surface area contributed by atoms with Gasteiger partial charge in [0.1, 0.15) is 0 Å². The Morgan fingerprint density at radius 1 is 1.06 bits per heavy atom. The Bertz CT molecular complexity index is 1020. The number of benzene rings is 2. The van der Waals surface area contributed by atoms with Gasteiger partial charge in [-0.15, -0.1) is 0 Å². The van der Waals surface area contributed by atoms with Crippen molar-refractivity contribution in [3.63, 3.8) is 0 Å². The monoisotopic (exact) mass is 469 g/mol. The highest BCUT2D eigenvalue weighted by molar-refractivity contribution is 5.44. The Labute approximate surface area is 201 Å². The number of hydrogen-bond donors (Lipinski definition) is 1. The molecule has 0 amide bonds. The van der Waals surface area contributed by atoms with Gasteiger partial charge in [0.15, 0.2) is 11.6 Å². The summed E-state index contributed by atoms with van der Waals surface area (Å²) in [6.45, 7) is 10.1. The van der Waals surface area contributed by atoms with Crippen molar-refractivity contribution in [3.8, 4) is 17.3 Å². The summed E-state index contributed by atoms with van der Waals surface area (Å²) in [5.41, 5.74) is 2.60. The first-order chi connectivity index (χ1) is 16.4. The summed E-state index contributed by atoms with van der Waals surface area (Å²) in [5.74, 6) is 0.206. The van der Waals surface area contributed by atoms with E-state index in [0.29, 0.717) is 25.4 Å². The molecule has 0 saturated carbocycles. The SMILES string of the molecule is CCCN(Cc1c(CC)nn(-c2ccccc2)c1Oc1ccccc1F)C[C@@H](O)COC(C)C. The average Bonchev–Trinajstić information content (AvgIpc) is 3.17. The molecule has 0 unspecified atom stereocenters. The zero-order valence-corrected chi connectivity index (χ0v) is 20.6. The minimum atomic E-state index is -0.612. The number of ether oxygens (including phenoxy) is 2. The van der Waals surface area contributed by atoms with E-state index in [1.807, 2.05) is 51.1 Å². The Balaban J connectivity index is 1.98. The Kier molecular flexibility index (Phi) is 9.62. The molecule has 0 aliphatic carbocycles. The molecule has 1 atom stereocenters. The molecule has 2 aromatic carbocycles. The lowest BCUT2D eigenvalue weighted by atomic mass is 10.1. The van der Waals surface area contributed by atoms with Gasteiger partial charge in [-0.1, -0.05) is 44.2 Å². The molecule has 1 heterocycles. The number of aromatic nitrogens is 2. The predicted molar refractivity (Wildman–Crippen MR) is 132 cm³/mol. The topological polar surface area (TPSA) is 59.8 Å². The van der Waals surface area contributed by atoms with Crippen molar-refractivity contribution in [1.29, 1.82) is 0 Å². The first-order valence-electron chi connectivity index (χ1n) is 12.0. The maximum absolute atomic E-state index is 14.5. The van der Waals surface area contributed by atoms with Gasteiger partial charge in [0, 0.05) is 13.1 Å². The van der Waals surface area contributed by atoms with Crippen LogP contribution in [0.25, 0.3) is 5.69 Å². The second kappa shape index (κ2) is 12.6. The van der Waals surface area contributed by atoms with E-state index in [1.54, 1.807) is 22.9 Å². The second-order valence-corrected chi connectivity index (χ2v) is 8.63. The van der Waals surface area contributed by atoms with Crippen molar-refractivity contribution < 1.29 is 19.0 Å². The van der Waals surface area contributed by atoms with Gasteiger partial charge in [-0.3, -0.25) is 4.90 Å². The summed E-state index contributed by atoms with van der Waals surface area (Å²) in [4.78, 5) is 2.17. The van der Waals surface area contributed by atoms with Crippen LogP contribution < -0.4 is 4.74 Å². The third-order valence-electron chi connectivity index (χ3n) is 5.41. The number of nitrogens with zero attached hydrogens (tertiary/aromatic N) is 3. The Morgan fingerprint density at radius 3 is 2.41 bits per heavy atom. The molecule has 184 valence electrons. The number of aliphatic hydroxyl groups excluding tert-OH is 1. The first kappa shape index (κ1) is 25.9. The number of halogens is 1. The van der Waals surface area contributed by atoms with Crippen molar-refractivity contribution in [1.82, 2.24) is 14.7 Å². The van der Waals surface area contributed by atoms with Gasteiger partial charge in [-0.05, 0) is 57.5 Å². The van der Waals surface area contributed by atoms with Gasteiger partial charge >= 0.3 is 0 Å². The van der Waals surface area contributed by atoms with Crippen molar-refractivity contribution in [3.05, 3.63) is 71.7 Å². The number of aryl methyl sites for hydroxylation is 1.